The van der Waals surface area contributed by atoms with E-state index in [1.54, 1.807) is 28.9 Å². The van der Waals surface area contributed by atoms with Crippen molar-refractivity contribution in [3.63, 3.8) is 0 Å². The molecule has 5 rings (SSSR count). The van der Waals surface area contributed by atoms with Gasteiger partial charge in [-0.05, 0) is 48.6 Å². The second-order valence-corrected chi connectivity index (χ2v) is 9.62. The Morgan fingerprint density at radius 3 is 1.97 bits per heavy atom. The van der Waals surface area contributed by atoms with Crippen LogP contribution in [0.5, 0.6) is 0 Å². The van der Waals surface area contributed by atoms with Gasteiger partial charge in [0, 0.05) is 21.3 Å². The van der Waals surface area contributed by atoms with Crippen LogP contribution >= 0.6 is 28.1 Å². The highest BCUT2D eigenvalue weighted by molar-refractivity contribution is 9.10. The lowest BCUT2D eigenvalue weighted by molar-refractivity contribution is 0.0959. The maximum Gasteiger partial charge on any atom is 0.278 e. The van der Waals surface area contributed by atoms with Gasteiger partial charge >= 0.3 is 0 Å². The molecular weight excluding hydrogens is 560 g/mol. The summed E-state index contributed by atoms with van der Waals surface area (Å²) in [6, 6.07) is 35.0. The number of ketones is 1. The monoisotopic (exact) mass is 580 g/mol. The lowest BCUT2D eigenvalue weighted by atomic mass is 9.97. The molecule has 0 saturated heterocycles. The molecule has 0 bridgehead atoms. The molecule has 0 aliphatic rings. The Labute approximate surface area is 233 Å². The van der Waals surface area contributed by atoms with E-state index < -0.39 is 5.91 Å². The van der Waals surface area contributed by atoms with Gasteiger partial charge in [0.2, 0.25) is 0 Å². The minimum atomic E-state index is -0.592. The van der Waals surface area contributed by atoms with Crippen LogP contribution in [0.15, 0.2) is 120 Å². The predicted molar refractivity (Wildman–Crippen MR) is 157 cm³/mol. The fourth-order valence-corrected chi connectivity index (χ4v) is 4.48. The number of para-hydroxylation sites is 1. The van der Waals surface area contributed by atoms with Gasteiger partial charge in [-0.15, -0.1) is 0 Å². The number of benzene rings is 4. The second-order valence-electron chi connectivity index (χ2n) is 8.30. The maximum absolute atomic E-state index is 13.9. The van der Waals surface area contributed by atoms with Crippen molar-refractivity contribution in [3.8, 4) is 16.9 Å². The van der Waals surface area contributed by atoms with Gasteiger partial charge in [-0.1, -0.05) is 94.8 Å². The van der Waals surface area contributed by atoms with E-state index in [4.69, 9.17) is 12.2 Å². The lowest BCUT2D eigenvalue weighted by Gasteiger charge is -2.11. The van der Waals surface area contributed by atoms with Crippen LogP contribution < -0.4 is 10.6 Å². The van der Waals surface area contributed by atoms with Gasteiger partial charge in [0.25, 0.3) is 5.91 Å². The number of anilines is 1. The second kappa shape index (κ2) is 11.3. The first-order valence-electron chi connectivity index (χ1n) is 11.7. The molecule has 0 radical (unpaired) electrons. The van der Waals surface area contributed by atoms with E-state index in [1.807, 2.05) is 91.0 Å². The van der Waals surface area contributed by atoms with Crippen LogP contribution in [0.3, 0.4) is 0 Å². The summed E-state index contributed by atoms with van der Waals surface area (Å²) in [4.78, 5) is 27.5. The van der Waals surface area contributed by atoms with E-state index in [1.165, 1.54) is 0 Å². The van der Waals surface area contributed by atoms with E-state index in [-0.39, 0.29) is 22.2 Å². The highest BCUT2D eigenvalue weighted by Gasteiger charge is 2.30. The van der Waals surface area contributed by atoms with Crippen molar-refractivity contribution < 1.29 is 9.59 Å². The zero-order valence-corrected chi connectivity index (χ0v) is 22.4. The van der Waals surface area contributed by atoms with Crippen LogP contribution in [-0.4, -0.2) is 26.6 Å². The number of carbonyl (C=O) groups is 2. The molecule has 38 heavy (non-hydrogen) atoms. The third-order valence-corrected chi connectivity index (χ3v) is 6.47. The molecule has 186 valence electrons. The molecule has 6 nitrogen and oxygen atoms in total. The van der Waals surface area contributed by atoms with Crippen LogP contribution in [0.25, 0.3) is 16.9 Å². The molecule has 1 aromatic heterocycles. The number of hydrogen-bond donors (Lipinski definition) is 2. The van der Waals surface area contributed by atoms with Crippen LogP contribution in [-0.2, 0) is 0 Å². The van der Waals surface area contributed by atoms with Crippen LogP contribution in [0, 0.1) is 0 Å². The Hall–Kier alpha value is -4.40. The van der Waals surface area contributed by atoms with Crippen molar-refractivity contribution in [2.45, 2.75) is 0 Å². The highest BCUT2D eigenvalue weighted by atomic mass is 79.9. The molecule has 0 aliphatic carbocycles. The van der Waals surface area contributed by atoms with Gasteiger partial charge in [-0.2, -0.15) is 5.10 Å². The number of amides is 1. The quantitative estimate of drug-likeness (QED) is 0.173. The molecule has 0 aliphatic heterocycles. The third kappa shape index (κ3) is 5.46. The fourth-order valence-electron chi connectivity index (χ4n) is 4.00. The smallest absolute Gasteiger partial charge is 0.278 e. The SMILES string of the molecule is O=C(NC(=S)Nc1ccc(Br)cc1)c1nn(-c2ccccc2)c(-c2ccccc2)c1C(=O)c1ccccc1. The van der Waals surface area contributed by atoms with E-state index >= 15 is 0 Å². The molecule has 0 fully saturated rings. The summed E-state index contributed by atoms with van der Waals surface area (Å²) in [5, 5.41) is 10.4. The summed E-state index contributed by atoms with van der Waals surface area (Å²) in [6.07, 6.45) is 0. The Kier molecular flexibility index (Phi) is 7.53. The zero-order valence-electron chi connectivity index (χ0n) is 20.0. The van der Waals surface area contributed by atoms with Crippen LogP contribution in [0.4, 0.5) is 5.69 Å². The van der Waals surface area contributed by atoms with Gasteiger partial charge in [-0.25, -0.2) is 4.68 Å². The number of thiocarbonyl (C=S) groups is 1. The first-order valence-corrected chi connectivity index (χ1v) is 12.9. The molecule has 0 saturated carbocycles. The number of nitrogens with zero attached hydrogens (tertiary/aromatic N) is 2. The molecule has 0 unspecified atom stereocenters. The van der Waals surface area contributed by atoms with Crippen molar-refractivity contribution in [1.29, 1.82) is 0 Å². The minimum absolute atomic E-state index is 0.0264. The van der Waals surface area contributed by atoms with Gasteiger partial charge in [0.05, 0.1) is 16.9 Å². The Morgan fingerprint density at radius 2 is 1.34 bits per heavy atom. The van der Waals surface area contributed by atoms with E-state index in [0.29, 0.717) is 22.6 Å². The molecule has 5 aromatic rings. The summed E-state index contributed by atoms with van der Waals surface area (Å²) in [6.45, 7) is 0. The van der Waals surface area contributed by atoms with Crippen molar-refractivity contribution >= 4 is 50.6 Å². The standard InChI is InChI=1S/C30H21BrN4O2S/c31-22-16-18-23(19-17-22)32-30(38)33-29(37)26-25(28(36)21-12-6-2-7-13-21)27(20-10-4-1-5-11-20)35(34-26)24-14-8-3-9-15-24/h1-19H,(H2,32,33,37,38). The fraction of sp³-hybridized carbons (Fsp3) is 0. The Balaban J connectivity index is 1.62. The topological polar surface area (TPSA) is 76.0 Å². The molecule has 4 aromatic carbocycles. The lowest BCUT2D eigenvalue weighted by Crippen LogP contribution is -2.35. The number of nitrogens with one attached hydrogen (secondary N) is 2. The molecule has 8 heteroatoms. The first kappa shape index (κ1) is 25.3. The maximum atomic E-state index is 13.9. The van der Waals surface area contributed by atoms with Crippen LogP contribution in [0.2, 0.25) is 0 Å². The Morgan fingerprint density at radius 1 is 0.763 bits per heavy atom. The number of hydrogen-bond acceptors (Lipinski definition) is 4. The average molecular weight is 581 g/mol. The van der Waals surface area contributed by atoms with Gasteiger partial charge in [0.1, 0.15) is 0 Å². The number of carbonyl (C=O) groups excluding carboxylic acids is 2. The predicted octanol–water partition coefficient (Wildman–Crippen LogP) is 6.66. The first-order chi connectivity index (χ1) is 18.5. The molecule has 0 spiro atoms. The van der Waals surface area contributed by atoms with Gasteiger partial charge in [-0.3, -0.25) is 14.9 Å². The third-order valence-electron chi connectivity index (χ3n) is 5.74. The molecule has 0 atom stereocenters. The van der Waals surface area contributed by atoms with Crippen LogP contribution in [0.1, 0.15) is 26.4 Å². The summed E-state index contributed by atoms with van der Waals surface area (Å²) in [5.74, 6) is -0.908. The Bertz CT molecular complexity index is 1600. The highest BCUT2D eigenvalue weighted by Crippen LogP contribution is 2.31. The normalized spacial score (nSPS) is 10.6. The number of halogens is 1. The largest absolute Gasteiger partial charge is 0.332 e. The molecule has 2 N–H and O–H groups in total. The van der Waals surface area contributed by atoms with Gasteiger partial charge < -0.3 is 5.32 Å². The van der Waals surface area contributed by atoms with Crippen molar-refractivity contribution in [2.75, 3.05) is 5.32 Å². The van der Waals surface area contributed by atoms with Crippen molar-refractivity contribution in [3.05, 3.63) is 137 Å². The summed E-state index contributed by atoms with van der Waals surface area (Å²) >= 11 is 8.80. The minimum Gasteiger partial charge on any atom is -0.332 e. The molecular formula is C30H21BrN4O2S. The average Bonchev–Trinajstić information content (AvgIpc) is 3.36. The molecule has 1 amide bonds. The summed E-state index contributed by atoms with van der Waals surface area (Å²) < 4.78 is 2.55. The van der Waals surface area contributed by atoms with Gasteiger partial charge in [0.15, 0.2) is 16.6 Å². The molecule has 1 heterocycles. The van der Waals surface area contributed by atoms with E-state index in [0.717, 1.165) is 10.0 Å². The number of rotatable bonds is 6. The summed E-state index contributed by atoms with van der Waals surface area (Å²) in [5.41, 5.74) is 3.29. The summed E-state index contributed by atoms with van der Waals surface area (Å²) in [7, 11) is 0. The van der Waals surface area contributed by atoms with E-state index in [9.17, 15) is 9.59 Å². The van der Waals surface area contributed by atoms with Crippen molar-refractivity contribution in [2.24, 2.45) is 0 Å². The zero-order chi connectivity index (χ0) is 26.5. The van der Waals surface area contributed by atoms with Crippen molar-refractivity contribution in [1.82, 2.24) is 15.1 Å². The number of aromatic nitrogens is 2. The van der Waals surface area contributed by atoms with E-state index in [2.05, 4.69) is 31.7 Å².